The van der Waals surface area contributed by atoms with Crippen molar-refractivity contribution in [2.45, 2.75) is 6.54 Å². The summed E-state index contributed by atoms with van der Waals surface area (Å²) in [6.07, 6.45) is 8.52. The minimum atomic E-state index is 0.493. The van der Waals surface area contributed by atoms with Crippen LogP contribution in [0.25, 0.3) is 11.3 Å². The smallest absolute Gasteiger partial charge is 0.123 e. The van der Waals surface area contributed by atoms with Gasteiger partial charge in [0.2, 0.25) is 0 Å². The first-order valence-electron chi connectivity index (χ1n) is 5.80. The molecule has 0 fully saturated rings. The third kappa shape index (κ3) is 2.42. The molecule has 0 spiro atoms. The molecule has 0 unspecified atom stereocenters. The van der Waals surface area contributed by atoms with Gasteiger partial charge < -0.3 is 10.3 Å². The van der Waals surface area contributed by atoms with E-state index in [0.29, 0.717) is 12.4 Å². The molecular weight excluding hydrogens is 240 g/mol. The molecule has 0 aliphatic rings. The second kappa shape index (κ2) is 4.85. The summed E-state index contributed by atoms with van der Waals surface area (Å²) in [5, 5.41) is 0. The second-order valence-electron chi connectivity index (χ2n) is 4.08. The number of nitrogens with zero attached hydrogens (tertiary/aromatic N) is 5. The van der Waals surface area contributed by atoms with E-state index < -0.39 is 0 Å². The lowest BCUT2D eigenvalue weighted by Crippen LogP contribution is -2.02. The molecule has 19 heavy (non-hydrogen) atoms. The number of anilines is 1. The second-order valence-corrected chi connectivity index (χ2v) is 4.08. The molecule has 3 rings (SSSR count). The average molecular weight is 252 g/mol. The molecule has 0 saturated heterocycles. The van der Waals surface area contributed by atoms with Crippen LogP contribution in [0.2, 0.25) is 0 Å². The van der Waals surface area contributed by atoms with Gasteiger partial charge in [0.15, 0.2) is 0 Å². The van der Waals surface area contributed by atoms with E-state index >= 15 is 0 Å². The number of rotatable bonds is 3. The molecule has 3 aromatic rings. The number of nitrogen functional groups attached to an aromatic ring is 1. The Morgan fingerprint density at radius 2 is 2.05 bits per heavy atom. The van der Waals surface area contributed by atoms with Crippen LogP contribution in [0.4, 0.5) is 5.82 Å². The highest BCUT2D eigenvalue weighted by atomic mass is 15.1. The van der Waals surface area contributed by atoms with Crippen LogP contribution < -0.4 is 5.73 Å². The number of hydrogen-bond donors (Lipinski definition) is 1. The zero-order valence-electron chi connectivity index (χ0n) is 10.1. The summed E-state index contributed by atoms with van der Waals surface area (Å²) in [6, 6.07) is 5.61. The first-order chi connectivity index (χ1) is 9.33. The van der Waals surface area contributed by atoms with Crippen molar-refractivity contribution in [1.82, 2.24) is 24.5 Å². The first-order valence-corrected chi connectivity index (χ1v) is 5.80. The van der Waals surface area contributed by atoms with Gasteiger partial charge in [0, 0.05) is 18.0 Å². The van der Waals surface area contributed by atoms with E-state index in [-0.39, 0.29) is 0 Å². The van der Waals surface area contributed by atoms with Crippen LogP contribution in [0.3, 0.4) is 0 Å². The van der Waals surface area contributed by atoms with Crippen molar-refractivity contribution in [3.63, 3.8) is 0 Å². The summed E-state index contributed by atoms with van der Waals surface area (Å²) < 4.78 is 2.01. The highest BCUT2D eigenvalue weighted by Crippen LogP contribution is 2.20. The third-order valence-corrected chi connectivity index (χ3v) is 2.76. The summed E-state index contributed by atoms with van der Waals surface area (Å²) in [7, 11) is 0. The van der Waals surface area contributed by atoms with Crippen molar-refractivity contribution >= 4 is 5.82 Å². The van der Waals surface area contributed by atoms with E-state index in [1.807, 2.05) is 22.8 Å². The lowest BCUT2D eigenvalue weighted by atomic mass is 10.2. The largest absolute Gasteiger partial charge is 0.384 e. The molecule has 3 aromatic heterocycles. The van der Waals surface area contributed by atoms with Crippen LogP contribution in [0.5, 0.6) is 0 Å². The van der Waals surface area contributed by atoms with Crippen molar-refractivity contribution in [2.75, 3.05) is 5.73 Å². The Balaban J connectivity index is 1.95. The van der Waals surface area contributed by atoms with Gasteiger partial charge in [-0.3, -0.25) is 0 Å². The number of pyridine rings is 1. The summed E-state index contributed by atoms with van der Waals surface area (Å²) in [5.41, 5.74) is 8.60. The minimum absolute atomic E-state index is 0.493. The Bertz CT molecular complexity index is 676. The fourth-order valence-electron chi connectivity index (χ4n) is 1.88. The maximum atomic E-state index is 5.71. The van der Waals surface area contributed by atoms with Gasteiger partial charge in [-0.25, -0.2) is 19.9 Å². The van der Waals surface area contributed by atoms with Gasteiger partial charge in [-0.1, -0.05) is 0 Å². The molecule has 0 bridgehead atoms. The van der Waals surface area contributed by atoms with E-state index in [9.17, 15) is 0 Å². The number of aromatic nitrogens is 5. The fraction of sp³-hybridized carbons (Fsp3) is 0.0769. The third-order valence-electron chi connectivity index (χ3n) is 2.76. The Morgan fingerprint density at radius 3 is 2.84 bits per heavy atom. The molecule has 6 heteroatoms. The quantitative estimate of drug-likeness (QED) is 0.761. The molecule has 0 aromatic carbocycles. The number of hydrogen-bond acceptors (Lipinski definition) is 5. The van der Waals surface area contributed by atoms with E-state index in [1.165, 1.54) is 6.33 Å². The van der Waals surface area contributed by atoms with Crippen molar-refractivity contribution < 1.29 is 0 Å². The molecule has 0 aliphatic carbocycles. The van der Waals surface area contributed by atoms with Gasteiger partial charge in [0.05, 0.1) is 30.5 Å². The summed E-state index contributed by atoms with van der Waals surface area (Å²) in [5.74, 6) is 0.493. The van der Waals surface area contributed by atoms with Crippen molar-refractivity contribution in [3.8, 4) is 11.3 Å². The van der Waals surface area contributed by atoms with Crippen molar-refractivity contribution in [2.24, 2.45) is 0 Å². The topological polar surface area (TPSA) is 82.5 Å². The van der Waals surface area contributed by atoms with Crippen LogP contribution in [0.1, 0.15) is 5.69 Å². The Hall–Kier alpha value is -2.76. The molecule has 0 amide bonds. The van der Waals surface area contributed by atoms with Crippen LogP contribution in [-0.4, -0.2) is 24.5 Å². The average Bonchev–Trinajstić information content (AvgIpc) is 2.88. The van der Waals surface area contributed by atoms with Gasteiger partial charge in [-0.2, -0.15) is 0 Å². The zero-order chi connectivity index (χ0) is 13.1. The SMILES string of the molecule is Nc1cc(-c2cncn2Cc2ccncn2)ccn1. The van der Waals surface area contributed by atoms with Crippen LogP contribution in [0, 0.1) is 0 Å². The molecule has 0 radical (unpaired) electrons. The van der Waals surface area contributed by atoms with Gasteiger partial charge in [0.1, 0.15) is 12.1 Å². The summed E-state index contributed by atoms with van der Waals surface area (Å²) in [6.45, 7) is 0.639. The molecule has 0 atom stereocenters. The predicted molar refractivity (Wildman–Crippen MR) is 71.0 cm³/mol. The first kappa shape index (κ1) is 11.3. The number of nitrogens with two attached hydrogens (primary N) is 1. The van der Waals surface area contributed by atoms with Crippen LogP contribution in [-0.2, 0) is 6.54 Å². The molecule has 6 nitrogen and oxygen atoms in total. The predicted octanol–water partition coefficient (Wildman–Crippen LogP) is 1.37. The molecular formula is C13H12N6. The highest BCUT2D eigenvalue weighted by Gasteiger charge is 2.06. The maximum absolute atomic E-state index is 5.71. The van der Waals surface area contributed by atoms with E-state index in [1.54, 1.807) is 24.9 Å². The lowest BCUT2D eigenvalue weighted by Gasteiger charge is -2.07. The Kier molecular flexibility index (Phi) is 2.89. The van der Waals surface area contributed by atoms with E-state index in [2.05, 4.69) is 19.9 Å². The Labute approximate surface area is 110 Å². The molecule has 0 aliphatic heterocycles. The Morgan fingerprint density at radius 1 is 1.11 bits per heavy atom. The summed E-state index contributed by atoms with van der Waals surface area (Å²) >= 11 is 0. The van der Waals surface area contributed by atoms with E-state index in [4.69, 9.17) is 5.73 Å². The number of imidazole rings is 1. The molecule has 94 valence electrons. The van der Waals surface area contributed by atoms with Gasteiger partial charge in [0.25, 0.3) is 0 Å². The fourth-order valence-corrected chi connectivity index (χ4v) is 1.88. The van der Waals surface area contributed by atoms with Crippen molar-refractivity contribution in [1.29, 1.82) is 0 Å². The van der Waals surface area contributed by atoms with Crippen LogP contribution in [0.15, 0.2) is 49.4 Å². The molecule has 0 saturated carbocycles. The van der Waals surface area contributed by atoms with Gasteiger partial charge in [-0.15, -0.1) is 0 Å². The van der Waals surface area contributed by atoms with Gasteiger partial charge >= 0.3 is 0 Å². The zero-order valence-corrected chi connectivity index (χ0v) is 10.1. The monoisotopic (exact) mass is 252 g/mol. The standard InChI is InChI=1S/C13H12N6/c14-13-5-10(1-4-17-13)12-6-16-9-19(12)7-11-2-3-15-8-18-11/h1-6,8-9H,7H2,(H2,14,17). The minimum Gasteiger partial charge on any atom is -0.384 e. The normalized spacial score (nSPS) is 10.5. The lowest BCUT2D eigenvalue weighted by molar-refractivity contribution is 0.775. The van der Waals surface area contributed by atoms with Crippen molar-refractivity contribution in [3.05, 3.63) is 55.1 Å². The highest BCUT2D eigenvalue weighted by molar-refractivity contribution is 5.61. The molecule has 3 heterocycles. The van der Waals surface area contributed by atoms with E-state index in [0.717, 1.165) is 17.0 Å². The molecule has 2 N–H and O–H groups in total. The van der Waals surface area contributed by atoms with Crippen LogP contribution >= 0.6 is 0 Å². The van der Waals surface area contributed by atoms with Gasteiger partial charge in [-0.05, 0) is 18.2 Å². The maximum Gasteiger partial charge on any atom is 0.123 e. The summed E-state index contributed by atoms with van der Waals surface area (Å²) in [4.78, 5) is 16.3.